The van der Waals surface area contributed by atoms with Gasteiger partial charge in [-0.15, -0.1) is 0 Å². The molecule has 5 heteroatoms. The minimum atomic E-state index is -1.29. The van der Waals surface area contributed by atoms with Crippen LogP contribution in [0.15, 0.2) is 41.9 Å². The van der Waals surface area contributed by atoms with Crippen molar-refractivity contribution in [3.63, 3.8) is 0 Å². The van der Waals surface area contributed by atoms with Crippen LogP contribution in [0.4, 0.5) is 0 Å². The average Bonchev–Trinajstić information content (AvgIpc) is 2.39. The Bertz CT molecular complexity index is 514. The minimum Gasteiger partial charge on any atom is -0.616 e. The van der Waals surface area contributed by atoms with E-state index in [1.54, 1.807) is 36.4 Å². The number of nitrogens with zero attached hydrogens (tertiary/aromatic N) is 2. The van der Waals surface area contributed by atoms with E-state index in [0.29, 0.717) is 5.56 Å². The monoisotopic (exact) mass is 250 g/mol. The third-order valence-corrected chi connectivity index (χ3v) is 2.58. The van der Waals surface area contributed by atoms with Crippen LogP contribution in [0.25, 0.3) is 0 Å². The summed E-state index contributed by atoms with van der Waals surface area (Å²) in [7, 11) is 1.18. The van der Waals surface area contributed by atoms with Crippen molar-refractivity contribution in [2.24, 2.45) is 0 Å². The zero-order chi connectivity index (χ0) is 12.9. The van der Waals surface area contributed by atoms with E-state index in [1.165, 1.54) is 14.0 Å². The van der Waals surface area contributed by atoms with Crippen LogP contribution in [-0.4, -0.2) is 7.11 Å². The first-order valence-corrected chi connectivity index (χ1v) is 4.92. The van der Waals surface area contributed by atoms with Crippen LogP contribution in [0, 0.1) is 22.7 Å². The van der Waals surface area contributed by atoms with Gasteiger partial charge in [-0.05, 0) is 19.6 Å². The van der Waals surface area contributed by atoms with E-state index in [0.717, 1.165) is 0 Å². The molecule has 1 aromatic carbocycles. The maximum absolute atomic E-state index is 11.5. The Morgan fingerprint density at radius 2 is 1.83 bits per heavy atom. The fourth-order valence-corrected chi connectivity index (χ4v) is 1.50. The quantitative estimate of drug-likeness (QED) is 0.360. The number of allylic oxidation sites excluding steroid dienone is 1. The van der Waals surface area contributed by atoms with Gasteiger partial charge in [0.1, 0.15) is 5.41 Å². The van der Waals surface area contributed by atoms with Crippen molar-refractivity contribution in [2.75, 3.05) is 7.11 Å². The van der Waals surface area contributed by atoms with Gasteiger partial charge >= 0.3 is 29.6 Å². The Kier molecular flexibility index (Phi) is 6.51. The van der Waals surface area contributed by atoms with Gasteiger partial charge in [-0.3, -0.25) is 0 Å². The fourth-order valence-electron chi connectivity index (χ4n) is 1.50. The summed E-state index contributed by atoms with van der Waals surface area (Å²) in [6.07, 6.45) is 0. The van der Waals surface area contributed by atoms with Crippen LogP contribution >= 0.6 is 0 Å². The molecule has 1 unspecified atom stereocenters. The molecular weight excluding hydrogens is 239 g/mol. The van der Waals surface area contributed by atoms with Gasteiger partial charge < -0.3 is 9.84 Å². The molecule has 0 radical (unpaired) electrons. The minimum absolute atomic E-state index is 0. The van der Waals surface area contributed by atoms with Crippen molar-refractivity contribution in [1.29, 1.82) is 10.5 Å². The normalized spacial score (nSPS) is 14.0. The van der Waals surface area contributed by atoms with Crippen molar-refractivity contribution in [3.8, 4) is 12.1 Å². The fraction of sp³-hybridized carbons (Fsp3) is 0.231. The second-order valence-corrected chi connectivity index (χ2v) is 3.58. The molecule has 1 atom stereocenters. The van der Waals surface area contributed by atoms with Gasteiger partial charge in [0.15, 0.2) is 0 Å². The standard InChI is InChI=1S/C13H12N2O2.Na/c1-13(9-15,10-6-4-3-5-7-10)11(8-14)12(16)17-2;/h3-7,16H,1-2H3;/q;+1/p-1/b12-11-;. The maximum atomic E-state index is 11.5. The molecule has 0 bridgehead atoms. The molecule has 0 aliphatic heterocycles. The van der Waals surface area contributed by atoms with Gasteiger partial charge in [-0.25, -0.2) is 0 Å². The van der Waals surface area contributed by atoms with Crippen LogP contribution in [0.5, 0.6) is 0 Å². The molecule has 0 spiro atoms. The van der Waals surface area contributed by atoms with E-state index in [4.69, 9.17) is 5.26 Å². The first-order valence-electron chi connectivity index (χ1n) is 4.92. The third kappa shape index (κ3) is 3.05. The number of hydrogen-bond donors (Lipinski definition) is 0. The molecule has 4 nitrogen and oxygen atoms in total. The first kappa shape index (κ1) is 16.5. The molecule has 1 rings (SSSR count). The summed E-state index contributed by atoms with van der Waals surface area (Å²) in [6, 6.07) is 12.5. The maximum Gasteiger partial charge on any atom is 1.00 e. The molecule has 0 N–H and O–H groups in total. The van der Waals surface area contributed by atoms with Crippen molar-refractivity contribution in [1.82, 2.24) is 0 Å². The van der Waals surface area contributed by atoms with E-state index >= 15 is 0 Å². The van der Waals surface area contributed by atoms with Gasteiger partial charge in [-0.2, -0.15) is 10.5 Å². The molecule has 0 aliphatic rings. The van der Waals surface area contributed by atoms with Crippen molar-refractivity contribution in [3.05, 3.63) is 47.4 Å². The Hall–Kier alpha value is -1.46. The topological polar surface area (TPSA) is 79.9 Å². The largest absolute Gasteiger partial charge is 1.00 e. The molecular formula is C13H11N2NaO2. The van der Waals surface area contributed by atoms with Gasteiger partial charge in [0.2, 0.25) is 0 Å². The number of rotatable bonds is 3. The Balaban J connectivity index is 0.00000289. The molecule has 86 valence electrons. The molecule has 0 heterocycles. The molecule has 0 saturated heterocycles. The zero-order valence-corrected chi connectivity index (χ0v) is 12.6. The smallest absolute Gasteiger partial charge is 0.616 e. The Morgan fingerprint density at radius 1 is 1.28 bits per heavy atom. The molecule has 0 aromatic heterocycles. The van der Waals surface area contributed by atoms with Crippen molar-refractivity contribution in [2.45, 2.75) is 12.3 Å². The average molecular weight is 250 g/mol. The van der Waals surface area contributed by atoms with E-state index in [9.17, 15) is 10.4 Å². The molecule has 0 aliphatic carbocycles. The number of methoxy groups -OCH3 is 1. The van der Waals surface area contributed by atoms with Crippen LogP contribution in [0.3, 0.4) is 0 Å². The number of hydrogen-bond acceptors (Lipinski definition) is 4. The van der Waals surface area contributed by atoms with E-state index in [2.05, 4.69) is 4.74 Å². The SMILES string of the molecule is CO/C([O-])=C(/C#N)C(C)(C#N)c1ccccc1.[Na+]. The second kappa shape index (κ2) is 7.08. The van der Waals surface area contributed by atoms with Crippen LogP contribution in [-0.2, 0) is 10.2 Å². The van der Waals surface area contributed by atoms with Gasteiger partial charge in [-0.1, -0.05) is 30.3 Å². The third-order valence-electron chi connectivity index (χ3n) is 2.58. The van der Waals surface area contributed by atoms with E-state index in [-0.39, 0.29) is 35.1 Å². The van der Waals surface area contributed by atoms with Crippen molar-refractivity contribution >= 4 is 0 Å². The number of nitriles is 2. The summed E-state index contributed by atoms with van der Waals surface area (Å²) in [4.78, 5) is 0. The first-order chi connectivity index (χ1) is 8.10. The summed E-state index contributed by atoms with van der Waals surface area (Å²) in [5, 5.41) is 29.8. The second-order valence-electron chi connectivity index (χ2n) is 3.58. The summed E-state index contributed by atoms with van der Waals surface area (Å²) in [5.41, 5.74) is -0.915. The van der Waals surface area contributed by atoms with E-state index in [1.807, 2.05) is 6.07 Å². The summed E-state index contributed by atoms with van der Waals surface area (Å²) >= 11 is 0. The van der Waals surface area contributed by atoms with Gasteiger partial charge in [0, 0.05) is 0 Å². The number of ether oxygens (including phenoxy) is 1. The Morgan fingerprint density at radius 3 is 2.22 bits per heavy atom. The predicted molar refractivity (Wildman–Crippen MR) is 59.1 cm³/mol. The molecule has 0 amide bonds. The Labute approximate surface area is 128 Å². The molecule has 0 fully saturated rings. The molecule has 0 saturated carbocycles. The van der Waals surface area contributed by atoms with E-state index < -0.39 is 11.4 Å². The van der Waals surface area contributed by atoms with Crippen LogP contribution in [0.2, 0.25) is 0 Å². The summed E-state index contributed by atoms with van der Waals surface area (Å²) in [5.74, 6) is -0.777. The van der Waals surface area contributed by atoms with Crippen molar-refractivity contribution < 1.29 is 39.4 Å². The predicted octanol–water partition coefficient (Wildman–Crippen LogP) is -1.79. The summed E-state index contributed by atoms with van der Waals surface area (Å²) in [6.45, 7) is 1.53. The molecule has 1 aromatic rings. The summed E-state index contributed by atoms with van der Waals surface area (Å²) < 4.78 is 4.52. The molecule has 18 heavy (non-hydrogen) atoms. The number of benzene rings is 1. The van der Waals surface area contributed by atoms with Crippen LogP contribution < -0.4 is 34.7 Å². The zero-order valence-electron chi connectivity index (χ0n) is 10.6. The van der Waals surface area contributed by atoms with Gasteiger partial charge in [0.25, 0.3) is 0 Å². The van der Waals surface area contributed by atoms with Gasteiger partial charge in [0.05, 0.1) is 23.7 Å². The van der Waals surface area contributed by atoms with Crippen LogP contribution in [0.1, 0.15) is 12.5 Å².